The lowest BCUT2D eigenvalue weighted by molar-refractivity contribution is 0.663. The summed E-state index contributed by atoms with van der Waals surface area (Å²) < 4.78 is 8.84. The van der Waals surface area contributed by atoms with Crippen LogP contribution in [0.1, 0.15) is 18.9 Å². The number of nitrogens with zero attached hydrogens (tertiary/aromatic N) is 2. The Bertz CT molecular complexity index is 2900. The maximum Gasteiger partial charge on any atom is 0.136 e. The van der Waals surface area contributed by atoms with Crippen molar-refractivity contribution in [2.75, 3.05) is 0 Å². The highest BCUT2D eigenvalue weighted by Gasteiger charge is 2.30. The molecule has 3 heterocycles. The van der Waals surface area contributed by atoms with Crippen molar-refractivity contribution >= 4 is 82.4 Å². The zero-order valence-corrected chi connectivity index (χ0v) is 28.1. The molecule has 2 unspecified atom stereocenters. The number of aliphatic imine (C=N–C) groups is 1. The third kappa shape index (κ3) is 4.23. The Balaban J connectivity index is 1.15. The lowest BCUT2D eigenvalue weighted by atomic mass is 9.86. The van der Waals surface area contributed by atoms with Crippen molar-refractivity contribution in [3.63, 3.8) is 0 Å². The van der Waals surface area contributed by atoms with E-state index in [2.05, 4.69) is 156 Å². The highest BCUT2D eigenvalue weighted by atomic mass is 16.3. The molecule has 0 radical (unpaired) electrons. The summed E-state index contributed by atoms with van der Waals surface area (Å²) in [6.07, 6.45) is 14.2. The second-order valence-electron chi connectivity index (χ2n) is 14.0. The van der Waals surface area contributed by atoms with Crippen molar-refractivity contribution in [3.8, 4) is 0 Å². The van der Waals surface area contributed by atoms with E-state index in [1.54, 1.807) is 0 Å². The van der Waals surface area contributed by atoms with Crippen molar-refractivity contribution in [2.45, 2.75) is 19.4 Å². The molecular formula is C47H33N3O. The Morgan fingerprint density at radius 3 is 2.16 bits per heavy atom. The average Bonchev–Trinajstić information content (AvgIpc) is 3.73. The number of aromatic nitrogens is 1. The number of rotatable bonds is 3. The number of furan rings is 1. The van der Waals surface area contributed by atoms with Gasteiger partial charge >= 0.3 is 0 Å². The molecule has 6 aromatic carbocycles. The van der Waals surface area contributed by atoms with Crippen LogP contribution in [0.25, 0.3) is 76.7 Å². The predicted octanol–water partition coefficient (Wildman–Crippen LogP) is 11.7. The van der Waals surface area contributed by atoms with Crippen molar-refractivity contribution in [1.82, 2.24) is 9.88 Å². The average molecular weight is 656 g/mol. The Labute approximate surface area is 294 Å². The summed E-state index contributed by atoms with van der Waals surface area (Å²) in [7, 11) is 0. The summed E-state index contributed by atoms with van der Waals surface area (Å²) in [4.78, 5) is 5.37. The summed E-state index contributed by atoms with van der Waals surface area (Å²) in [5, 5.41) is 13.9. The Kier molecular flexibility index (Phi) is 6.03. The minimum Gasteiger partial charge on any atom is -0.456 e. The molecule has 2 aliphatic carbocycles. The molecule has 11 rings (SSSR count). The third-order valence-electron chi connectivity index (χ3n) is 11.0. The molecule has 0 bridgehead atoms. The highest BCUT2D eigenvalue weighted by molar-refractivity contribution is 6.29. The molecule has 0 fully saturated rings. The van der Waals surface area contributed by atoms with E-state index in [-0.39, 0.29) is 12.0 Å². The van der Waals surface area contributed by atoms with Gasteiger partial charge in [-0.25, -0.2) is 4.99 Å². The Morgan fingerprint density at radius 1 is 0.706 bits per heavy atom. The van der Waals surface area contributed by atoms with Gasteiger partial charge in [0.15, 0.2) is 0 Å². The van der Waals surface area contributed by atoms with Crippen molar-refractivity contribution < 1.29 is 4.42 Å². The van der Waals surface area contributed by atoms with Crippen molar-refractivity contribution in [2.24, 2.45) is 10.9 Å². The number of allylic oxidation sites excluding steroid dienone is 6. The van der Waals surface area contributed by atoms with Gasteiger partial charge in [0.2, 0.25) is 0 Å². The number of hydrogen-bond donors (Lipinski definition) is 1. The van der Waals surface area contributed by atoms with E-state index in [9.17, 15) is 0 Å². The second-order valence-corrected chi connectivity index (χ2v) is 14.0. The van der Waals surface area contributed by atoms with Gasteiger partial charge < -0.3 is 14.3 Å². The lowest BCUT2D eigenvalue weighted by Gasteiger charge is -2.32. The molecule has 0 saturated heterocycles. The van der Waals surface area contributed by atoms with E-state index in [4.69, 9.17) is 9.41 Å². The molecule has 3 aliphatic rings. The fraction of sp³-hybridized carbons (Fsp3) is 0.0851. The minimum absolute atomic E-state index is 0.0112. The molecule has 4 heteroatoms. The van der Waals surface area contributed by atoms with Gasteiger partial charge in [-0.1, -0.05) is 116 Å². The smallest absolute Gasteiger partial charge is 0.136 e. The van der Waals surface area contributed by atoms with Gasteiger partial charge in [0, 0.05) is 32.8 Å². The standard InChI is InChI=1S/C47H33N3O/c1-28-18-22-32(50-40-24-20-29-10-2-4-12-33(29)44(40)45-34-13-5-3-11-30(34)21-25-41(45)50)27-37(28)47-46(48-38-15-7-8-16-39(38)49-47)31-19-23-36-35-14-6-9-17-42(35)51-43(36)26-31/h2-17,19-28,39,49H,18H2,1H3. The van der Waals surface area contributed by atoms with Gasteiger partial charge in [0.1, 0.15) is 11.2 Å². The largest absolute Gasteiger partial charge is 0.456 e. The quantitative estimate of drug-likeness (QED) is 0.206. The predicted molar refractivity (Wildman–Crippen MR) is 214 cm³/mol. The van der Waals surface area contributed by atoms with Gasteiger partial charge in [-0.2, -0.15) is 0 Å². The van der Waals surface area contributed by atoms with Crippen LogP contribution in [0.15, 0.2) is 172 Å². The molecule has 4 nitrogen and oxygen atoms in total. The summed E-state index contributed by atoms with van der Waals surface area (Å²) in [6.45, 7) is 2.33. The normalized spacial score (nSPS) is 18.9. The molecule has 1 N–H and O–H groups in total. The van der Waals surface area contributed by atoms with E-state index in [1.807, 2.05) is 12.1 Å². The first-order valence-corrected chi connectivity index (χ1v) is 17.8. The molecule has 0 saturated carbocycles. The van der Waals surface area contributed by atoms with E-state index in [1.165, 1.54) is 54.6 Å². The van der Waals surface area contributed by atoms with Gasteiger partial charge in [0.05, 0.1) is 34.2 Å². The lowest BCUT2D eigenvalue weighted by Crippen LogP contribution is -2.39. The van der Waals surface area contributed by atoms with Gasteiger partial charge in [-0.3, -0.25) is 0 Å². The fourth-order valence-corrected chi connectivity index (χ4v) is 8.56. The molecule has 2 aromatic heterocycles. The van der Waals surface area contributed by atoms with Crippen LogP contribution in [-0.2, 0) is 0 Å². The van der Waals surface area contributed by atoms with Crippen molar-refractivity contribution in [1.29, 1.82) is 0 Å². The van der Waals surface area contributed by atoms with Gasteiger partial charge in [-0.05, 0) is 81.9 Å². The minimum atomic E-state index is 0.0112. The van der Waals surface area contributed by atoms with Crippen LogP contribution in [0.3, 0.4) is 0 Å². The molecule has 242 valence electrons. The Morgan fingerprint density at radius 2 is 1.39 bits per heavy atom. The van der Waals surface area contributed by atoms with Crippen LogP contribution >= 0.6 is 0 Å². The summed E-state index contributed by atoms with van der Waals surface area (Å²) >= 11 is 0. The first-order valence-electron chi connectivity index (χ1n) is 17.8. The van der Waals surface area contributed by atoms with E-state index in [0.29, 0.717) is 0 Å². The Hall–Kier alpha value is -6.39. The van der Waals surface area contributed by atoms with E-state index < -0.39 is 0 Å². The third-order valence-corrected chi connectivity index (χ3v) is 11.0. The monoisotopic (exact) mass is 655 g/mol. The van der Waals surface area contributed by atoms with Crippen LogP contribution in [0.5, 0.6) is 0 Å². The summed E-state index contributed by atoms with van der Waals surface area (Å²) in [5.74, 6) is 0.288. The van der Waals surface area contributed by atoms with Crippen LogP contribution in [0.2, 0.25) is 0 Å². The maximum absolute atomic E-state index is 6.36. The maximum atomic E-state index is 6.36. The second kappa shape index (κ2) is 10.8. The number of nitrogens with one attached hydrogen (secondary N) is 1. The van der Waals surface area contributed by atoms with Crippen LogP contribution in [0.4, 0.5) is 0 Å². The number of hydrogen-bond acceptors (Lipinski definition) is 3. The molecular weight excluding hydrogens is 623 g/mol. The van der Waals surface area contributed by atoms with Gasteiger partial charge in [0.25, 0.3) is 0 Å². The van der Waals surface area contributed by atoms with Gasteiger partial charge in [-0.15, -0.1) is 0 Å². The molecule has 51 heavy (non-hydrogen) atoms. The highest BCUT2D eigenvalue weighted by Crippen LogP contribution is 2.43. The molecule has 1 aliphatic heterocycles. The van der Waals surface area contributed by atoms with E-state index >= 15 is 0 Å². The van der Waals surface area contributed by atoms with Crippen molar-refractivity contribution in [3.05, 3.63) is 169 Å². The number of benzene rings is 6. The fourth-order valence-electron chi connectivity index (χ4n) is 8.56. The molecule has 0 amide bonds. The summed E-state index contributed by atoms with van der Waals surface area (Å²) in [6, 6.07) is 41.5. The van der Waals surface area contributed by atoms with E-state index in [0.717, 1.165) is 51.0 Å². The zero-order chi connectivity index (χ0) is 33.6. The topological polar surface area (TPSA) is 42.5 Å². The molecule has 8 aromatic rings. The summed E-state index contributed by atoms with van der Waals surface area (Å²) in [5.41, 5.74) is 10.7. The van der Waals surface area contributed by atoms with Crippen LogP contribution < -0.4 is 5.32 Å². The van der Waals surface area contributed by atoms with Crippen LogP contribution in [-0.4, -0.2) is 16.3 Å². The zero-order valence-electron chi connectivity index (χ0n) is 28.1. The SMILES string of the molecule is CC1CC=C(n2c3ccc4ccccc4c3c3c4ccccc4ccc32)C=C1C1=C(c2ccc3c(c2)oc2ccccc23)N=C2C=CC=CC2N1. The first-order chi connectivity index (χ1) is 25.2. The van der Waals surface area contributed by atoms with Crippen LogP contribution in [0, 0.1) is 5.92 Å². The molecule has 0 spiro atoms. The number of fused-ring (bicyclic) bond motifs is 11. The molecule has 2 atom stereocenters. The number of para-hydroxylation sites is 1. The first kappa shape index (κ1) is 28.4.